The first-order valence-corrected chi connectivity index (χ1v) is 8.35. The number of nitro benzene ring substituents is 1. The van der Waals surface area contributed by atoms with Gasteiger partial charge in [-0.2, -0.15) is 0 Å². The van der Waals surface area contributed by atoms with Gasteiger partial charge in [-0.15, -0.1) is 12.4 Å². The minimum absolute atomic E-state index is 0. The lowest BCUT2D eigenvalue weighted by Gasteiger charge is -2.28. The minimum Gasteiger partial charge on any atom is -0.330 e. The van der Waals surface area contributed by atoms with Crippen LogP contribution in [0.25, 0.3) is 0 Å². The summed E-state index contributed by atoms with van der Waals surface area (Å²) in [6, 6.07) is 2.26. The summed E-state index contributed by atoms with van der Waals surface area (Å²) < 4.78 is 26.3. The highest BCUT2D eigenvalue weighted by molar-refractivity contribution is 7.89. The van der Waals surface area contributed by atoms with Crippen molar-refractivity contribution in [2.75, 3.05) is 20.1 Å². The van der Waals surface area contributed by atoms with Gasteiger partial charge in [0.1, 0.15) is 0 Å². The van der Waals surface area contributed by atoms with Gasteiger partial charge < -0.3 is 5.73 Å². The van der Waals surface area contributed by atoms with E-state index in [1.807, 2.05) is 13.8 Å². The molecule has 0 saturated carbocycles. The number of hydrogen-bond donors (Lipinski definition) is 1. The molecule has 0 heterocycles. The van der Waals surface area contributed by atoms with E-state index in [0.717, 1.165) is 10.4 Å². The third kappa shape index (κ3) is 5.02. The molecule has 0 atom stereocenters. The second kappa shape index (κ2) is 7.76. The summed E-state index contributed by atoms with van der Waals surface area (Å²) in [4.78, 5) is 10.2. The van der Waals surface area contributed by atoms with Crippen molar-refractivity contribution in [3.05, 3.63) is 32.8 Å². The molecular weight excluding hydrogens is 365 g/mol. The average molecular weight is 386 g/mol. The lowest BCUT2D eigenvalue weighted by Crippen LogP contribution is -2.39. The van der Waals surface area contributed by atoms with Crippen LogP contribution in [0.15, 0.2) is 17.0 Å². The number of nitro groups is 1. The molecule has 0 unspecified atom stereocenters. The second-order valence-corrected chi connectivity index (χ2v) is 8.39. The van der Waals surface area contributed by atoms with E-state index in [1.54, 1.807) is 0 Å². The Morgan fingerprint density at radius 1 is 1.39 bits per heavy atom. The minimum atomic E-state index is -3.89. The average Bonchev–Trinajstić information content (AvgIpc) is 2.40. The van der Waals surface area contributed by atoms with Gasteiger partial charge in [0, 0.05) is 25.2 Å². The topological polar surface area (TPSA) is 107 Å². The van der Waals surface area contributed by atoms with E-state index < -0.39 is 20.4 Å². The van der Waals surface area contributed by atoms with E-state index in [2.05, 4.69) is 0 Å². The quantitative estimate of drug-likeness (QED) is 0.597. The van der Waals surface area contributed by atoms with E-state index in [0.29, 0.717) is 6.54 Å². The summed E-state index contributed by atoms with van der Waals surface area (Å²) in [5.74, 6) is 0. The van der Waals surface area contributed by atoms with E-state index in [9.17, 15) is 18.5 Å². The third-order valence-electron chi connectivity index (χ3n) is 3.40. The monoisotopic (exact) mass is 385 g/mol. The molecule has 0 aliphatic heterocycles. The van der Waals surface area contributed by atoms with Crippen molar-refractivity contribution in [3.63, 3.8) is 0 Å². The molecule has 0 radical (unpaired) electrons. The van der Waals surface area contributed by atoms with Crippen LogP contribution in [0.5, 0.6) is 0 Å². The van der Waals surface area contributed by atoms with Crippen LogP contribution in [0.4, 0.5) is 5.69 Å². The summed E-state index contributed by atoms with van der Waals surface area (Å²) in [6.07, 6.45) is 0. The van der Waals surface area contributed by atoms with Gasteiger partial charge in [-0.3, -0.25) is 10.1 Å². The summed E-state index contributed by atoms with van der Waals surface area (Å²) in [7, 11) is -2.48. The van der Waals surface area contributed by atoms with Crippen LogP contribution >= 0.6 is 24.0 Å². The number of hydrogen-bond acceptors (Lipinski definition) is 5. The van der Waals surface area contributed by atoms with E-state index >= 15 is 0 Å². The van der Waals surface area contributed by atoms with Crippen molar-refractivity contribution in [3.8, 4) is 0 Å². The molecule has 1 rings (SSSR count). The Morgan fingerprint density at radius 2 is 1.91 bits per heavy atom. The van der Waals surface area contributed by atoms with E-state index in [4.69, 9.17) is 17.3 Å². The Morgan fingerprint density at radius 3 is 2.35 bits per heavy atom. The van der Waals surface area contributed by atoms with Crippen LogP contribution in [-0.4, -0.2) is 37.8 Å². The molecule has 0 aliphatic rings. The lowest BCUT2D eigenvalue weighted by atomic mass is 9.94. The molecule has 0 aromatic heterocycles. The highest BCUT2D eigenvalue weighted by Gasteiger charge is 2.29. The molecule has 0 aliphatic carbocycles. The first-order chi connectivity index (χ1) is 9.92. The van der Waals surface area contributed by atoms with Crippen LogP contribution in [-0.2, 0) is 10.0 Å². The van der Waals surface area contributed by atoms with Crippen molar-refractivity contribution in [1.82, 2.24) is 4.31 Å². The Kier molecular flexibility index (Phi) is 7.45. The molecule has 1 aromatic rings. The van der Waals surface area contributed by atoms with Crippen molar-refractivity contribution in [2.24, 2.45) is 11.1 Å². The molecule has 0 bridgehead atoms. The number of nitrogens with two attached hydrogens (primary N) is 1. The van der Waals surface area contributed by atoms with Crippen molar-refractivity contribution in [1.29, 1.82) is 0 Å². The largest absolute Gasteiger partial charge is 0.330 e. The van der Waals surface area contributed by atoms with Gasteiger partial charge in [-0.25, -0.2) is 12.7 Å². The predicted octanol–water partition coefficient (Wildman–Crippen LogP) is 2.58. The Bertz CT molecular complexity index is 693. The van der Waals surface area contributed by atoms with Crippen LogP contribution < -0.4 is 5.73 Å². The van der Waals surface area contributed by atoms with Crippen LogP contribution in [0, 0.1) is 22.5 Å². The Balaban J connectivity index is 0.00000484. The maximum atomic E-state index is 12.6. The zero-order valence-electron chi connectivity index (χ0n) is 13.4. The van der Waals surface area contributed by atoms with Crippen LogP contribution in [0.1, 0.15) is 19.4 Å². The van der Waals surface area contributed by atoms with Crippen molar-refractivity contribution >= 4 is 39.7 Å². The van der Waals surface area contributed by atoms with Gasteiger partial charge >= 0.3 is 0 Å². The molecule has 7 nitrogen and oxygen atoms in total. The highest BCUT2D eigenvalue weighted by atomic mass is 35.5. The van der Waals surface area contributed by atoms with Gasteiger partial charge in [-0.05, 0) is 24.9 Å². The van der Waals surface area contributed by atoms with Crippen LogP contribution in [0.3, 0.4) is 0 Å². The highest BCUT2D eigenvalue weighted by Crippen LogP contribution is 2.31. The molecular formula is C13H21Cl2N3O4S. The standard InChI is InChI=1S/C13H20ClN3O4S.ClH/c1-9-11(14)5-10(6-12(9)17(18)19)22(20,21)16(4)8-13(2,3)7-15;/h5-6H,7-8,15H2,1-4H3;1H. The molecule has 0 fully saturated rings. The lowest BCUT2D eigenvalue weighted by molar-refractivity contribution is -0.385. The zero-order chi connectivity index (χ0) is 17.3. The SMILES string of the molecule is Cc1c(Cl)cc(S(=O)(=O)N(C)CC(C)(C)CN)cc1[N+](=O)[O-].Cl. The molecule has 132 valence electrons. The molecule has 1 aromatic carbocycles. The second-order valence-electron chi connectivity index (χ2n) is 5.94. The third-order valence-corrected chi connectivity index (χ3v) is 5.57. The number of halogens is 2. The smallest absolute Gasteiger partial charge is 0.275 e. The van der Waals surface area contributed by atoms with E-state index in [-0.39, 0.29) is 40.1 Å². The molecule has 2 N–H and O–H groups in total. The predicted molar refractivity (Wildman–Crippen MR) is 92.7 cm³/mol. The Hall–Kier alpha value is -0.930. The fourth-order valence-corrected chi connectivity index (χ4v) is 3.60. The number of nitrogens with zero attached hydrogens (tertiary/aromatic N) is 2. The van der Waals surface area contributed by atoms with Gasteiger partial charge in [0.05, 0.1) is 14.8 Å². The first kappa shape index (κ1) is 22.1. The summed E-state index contributed by atoms with van der Waals surface area (Å²) in [6.45, 7) is 5.64. The number of rotatable bonds is 6. The molecule has 10 heteroatoms. The molecule has 0 spiro atoms. The fourth-order valence-electron chi connectivity index (χ4n) is 1.91. The maximum absolute atomic E-state index is 12.6. The van der Waals surface area contributed by atoms with Crippen molar-refractivity contribution in [2.45, 2.75) is 25.7 Å². The van der Waals surface area contributed by atoms with Gasteiger partial charge in [0.15, 0.2) is 0 Å². The number of benzene rings is 1. The zero-order valence-corrected chi connectivity index (χ0v) is 15.8. The number of sulfonamides is 1. The Labute approximate surface area is 147 Å². The van der Waals surface area contributed by atoms with E-state index in [1.165, 1.54) is 20.0 Å². The molecule has 23 heavy (non-hydrogen) atoms. The normalized spacial score (nSPS) is 12.1. The fraction of sp³-hybridized carbons (Fsp3) is 0.538. The summed E-state index contributed by atoms with van der Waals surface area (Å²) in [5, 5.41) is 11.1. The van der Waals surface area contributed by atoms with Gasteiger partial charge in [0.25, 0.3) is 5.69 Å². The summed E-state index contributed by atoms with van der Waals surface area (Å²) in [5.41, 5.74) is 5.11. The first-order valence-electron chi connectivity index (χ1n) is 6.53. The van der Waals surface area contributed by atoms with Crippen molar-refractivity contribution < 1.29 is 13.3 Å². The van der Waals surface area contributed by atoms with Gasteiger partial charge in [0.2, 0.25) is 10.0 Å². The summed E-state index contributed by atoms with van der Waals surface area (Å²) >= 11 is 5.93. The molecule has 0 amide bonds. The van der Waals surface area contributed by atoms with Gasteiger partial charge in [-0.1, -0.05) is 25.4 Å². The molecule has 0 saturated heterocycles. The van der Waals surface area contributed by atoms with Crippen LogP contribution in [0.2, 0.25) is 5.02 Å². The maximum Gasteiger partial charge on any atom is 0.275 e.